The number of hydrogen-bond donors (Lipinski definition) is 2. The van der Waals surface area contributed by atoms with Gasteiger partial charge in [0.2, 0.25) is 0 Å². The van der Waals surface area contributed by atoms with Gasteiger partial charge in [-0.1, -0.05) is 18.2 Å². The number of benzene rings is 2. The van der Waals surface area contributed by atoms with Crippen LogP contribution in [-0.4, -0.2) is 56.4 Å². The number of piperidine rings is 1. The van der Waals surface area contributed by atoms with Gasteiger partial charge in [0.1, 0.15) is 0 Å². The molecule has 2 aromatic rings. The minimum atomic E-state index is -0.158. The van der Waals surface area contributed by atoms with Gasteiger partial charge in [0, 0.05) is 49.8 Å². The molecular weight excluding hydrogens is 374 g/mol. The minimum Gasteiger partial charge on any atom is -0.378 e. The average molecular weight is 408 g/mol. The number of aliphatic imine (C=N–C) groups is 1. The molecule has 0 spiro atoms. The molecule has 0 radical (unpaired) electrons. The molecule has 0 bridgehead atoms. The summed E-state index contributed by atoms with van der Waals surface area (Å²) in [4.78, 5) is 21.8. The molecule has 0 aliphatic carbocycles. The van der Waals surface area contributed by atoms with Crippen LogP contribution in [0.1, 0.15) is 25.3 Å². The standard InChI is InChI=1S/C24H33N5O/c1-17-8-6-7-9-22(17)25-18(2)23-16-20(14-15-29(23)5)27-24(30)26-19-10-12-21(13-11-19)28(3)4/h6-13,20,23H,14-16H2,1-5H3,(H2,26,27,30)/b25-18+/t20?,23-/m1/s1. The molecule has 6 nitrogen and oxygen atoms in total. The number of urea groups is 1. The molecule has 2 N–H and O–H groups in total. The number of amides is 2. The van der Waals surface area contributed by atoms with Crippen LogP contribution in [-0.2, 0) is 0 Å². The molecule has 3 rings (SSSR count). The zero-order chi connectivity index (χ0) is 21.7. The second-order valence-electron chi connectivity index (χ2n) is 8.30. The molecule has 1 heterocycles. The molecule has 0 saturated carbocycles. The monoisotopic (exact) mass is 407 g/mol. The summed E-state index contributed by atoms with van der Waals surface area (Å²) in [5.74, 6) is 0. The van der Waals surface area contributed by atoms with Crippen LogP contribution in [0.4, 0.5) is 21.9 Å². The number of carbonyl (C=O) groups is 1. The van der Waals surface area contributed by atoms with Crippen LogP contribution >= 0.6 is 0 Å². The van der Waals surface area contributed by atoms with Gasteiger partial charge in [-0.3, -0.25) is 9.89 Å². The van der Waals surface area contributed by atoms with Crippen LogP contribution in [0.3, 0.4) is 0 Å². The van der Waals surface area contributed by atoms with E-state index in [0.717, 1.165) is 42.2 Å². The molecule has 160 valence electrons. The first-order valence-corrected chi connectivity index (χ1v) is 10.5. The van der Waals surface area contributed by atoms with E-state index in [1.807, 2.05) is 61.5 Å². The van der Waals surface area contributed by atoms with E-state index in [9.17, 15) is 4.79 Å². The topological polar surface area (TPSA) is 60.0 Å². The molecule has 1 fully saturated rings. The normalized spacial score (nSPS) is 20.0. The Morgan fingerprint density at radius 3 is 2.50 bits per heavy atom. The predicted octanol–water partition coefficient (Wildman–Crippen LogP) is 4.44. The maximum absolute atomic E-state index is 12.5. The molecule has 1 unspecified atom stereocenters. The highest BCUT2D eigenvalue weighted by Gasteiger charge is 2.29. The van der Waals surface area contributed by atoms with Crippen molar-refractivity contribution in [1.82, 2.24) is 10.2 Å². The molecule has 1 aliphatic rings. The maximum Gasteiger partial charge on any atom is 0.319 e. The van der Waals surface area contributed by atoms with E-state index in [2.05, 4.69) is 42.5 Å². The number of rotatable bonds is 5. The Hall–Kier alpha value is -2.86. The molecule has 0 aromatic heterocycles. The van der Waals surface area contributed by atoms with Crippen molar-refractivity contribution in [3.63, 3.8) is 0 Å². The first-order chi connectivity index (χ1) is 14.3. The average Bonchev–Trinajstić information content (AvgIpc) is 2.71. The Balaban J connectivity index is 1.60. The molecule has 1 saturated heterocycles. The summed E-state index contributed by atoms with van der Waals surface area (Å²) >= 11 is 0. The Kier molecular flexibility index (Phi) is 7.11. The quantitative estimate of drug-likeness (QED) is 0.721. The first kappa shape index (κ1) is 21.8. The first-order valence-electron chi connectivity index (χ1n) is 10.5. The second kappa shape index (κ2) is 9.76. The van der Waals surface area contributed by atoms with Gasteiger partial charge < -0.3 is 15.5 Å². The summed E-state index contributed by atoms with van der Waals surface area (Å²) in [5.41, 5.74) is 5.16. The fraction of sp³-hybridized carbons (Fsp3) is 0.417. The SMILES string of the molecule is C/C(=N\c1ccccc1C)[C@H]1CC(NC(=O)Nc2ccc(N(C)C)cc2)CCN1C. The van der Waals surface area contributed by atoms with Crippen LogP contribution in [0.2, 0.25) is 0 Å². The van der Waals surface area contributed by atoms with Gasteiger partial charge >= 0.3 is 6.03 Å². The lowest BCUT2D eigenvalue weighted by Gasteiger charge is -2.37. The lowest BCUT2D eigenvalue weighted by atomic mass is 9.94. The van der Waals surface area contributed by atoms with Gasteiger partial charge in [0.15, 0.2) is 0 Å². The minimum absolute atomic E-state index is 0.120. The summed E-state index contributed by atoms with van der Waals surface area (Å²) in [7, 11) is 6.12. The highest BCUT2D eigenvalue weighted by Crippen LogP contribution is 2.23. The van der Waals surface area contributed by atoms with Crippen molar-refractivity contribution < 1.29 is 4.79 Å². The number of nitrogens with zero attached hydrogens (tertiary/aromatic N) is 3. The number of hydrogen-bond acceptors (Lipinski definition) is 4. The van der Waals surface area contributed by atoms with Crippen molar-refractivity contribution in [3.8, 4) is 0 Å². The summed E-state index contributed by atoms with van der Waals surface area (Å²) in [6.45, 7) is 5.09. The van der Waals surface area contributed by atoms with Gasteiger partial charge in [0.25, 0.3) is 0 Å². The fourth-order valence-corrected chi connectivity index (χ4v) is 3.85. The lowest BCUT2D eigenvalue weighted by molar-refractivity contribution is 0.196. The van der Waals surface area contributed by atoms with Gasteiger partial charge in [0.05, 0.1) is 5.69 Å². The van der Waals surface area contributed by atoms with Gasteiger partial charge in [-0.15, -0.1) is 0 Å². The van der Waals surface area contributed by atoms with E-state index >= 15 is 0 Å². The zero-order valence-corrected chi connectivity index (χ0v) is 18.6. The molecular formula is C24H33N5O. The number of nitrogens with one attached hydrogen (secondary N) is 2. The number of carbonyl (C=O) groups excluding carboxylic acids is 1. The number of likely N-dealkylation sites (tertiary alicyclic amines) is 1. The zero-order valence-electron chi connectivity index (χ0n) is 18.6. The highest BCUT2D eigenvalue weighted by atomic mass is 16.2. The lowest BCUT2D eigenvalue weighted by Crippen LogP contribution is -2.51. The summed E-state index contributed by atoms with van der Waals surface area (Å²) in [6, 6.07) is 16.2. The van der Waals surface area contributed by atoms with E-state index in [4.69, 9.17) is 4.99 Å². The van der Waals surface area contributed by atoms with E-state index < -0.39 is 0 Å². The number of para-hydroxylation sites is 1. The second-order valence-corrected chi connectivity index (χ2v) is 8.30. The Labute approximate surface area is 180 Å². The molecule has 2 aromatic carbocycles. The van der Waals surface area contributed by atoms with Gasteiger partial charge in [-0.05, 0) is 69.6 Å². The maximum atomic E-state index is 12.5. The van der Waals surface area contributed by atoms with Crippen LogP contribution in [0.5, 0.6) is 0 Å². The van der Waals surface area contributed by atoms with Crippen molar-refractivity contribution in [3.05, 3.63) is 54.1 Å². The van der Waals surface area contributed by atoms with Crippen LogP contribution < -0.4 is 15.5 Å². The third-order valence-corrected chi connectivity index (χ3v) is 5.74. The molecule has 1 aliphatic heterocycles. The van der Waals surface area contributed by atoms with E-state index in [0.29, 0.717) is 0 Å². The molecule has 2 amide bonds. The van der Waals surface area contributed by atoms with Crippen LogP contribution in [0.25, 0.3) is 0 Å². The van der Waals surface area contributed by atoms with Gasteiger partial charge in [-0.2, -0.15) is 0 Å². The smallest absolute Gasteiger partial charge is 0.319 e. The molecule has 6 heteroatoms. The summed E-state index contributed by atoms with van der Waals surface area (Å²) in [5, 5.41) is 6.09. The third kappa shape index (κ3) is 5.60. The predicted molar refractivity (Wildman–Crippen MR) is 126 cm³/mol. The molecule has 2 atom stereocenters. The van der Waals surface area contributed by atoms with E-state index in [-0.39, 0.29) is 18.1 Å². The highest BCUT2D eigenvalue weighted by molar-refractivity contribution is 5.91. The van der Waals surface area contributed by atoms with Crippen molar-refractivity contribution in [2.75, 3.05) is 37.9 Å². The Morgan fingerprint density at radius 1 is 1.13 bits per heavy atom. The Bertz CT molecular complexity index is 891. The van der Waals surface area contributed by atoms with Crippen molar-refractivity contribution >= 4 is 28.8 Å². The number of anilines is 2. The summed E-state index contributed by atoms with van der Waals surface area (Å²) < 4.78 is 0. The number of aryl methyl sites for hydroxylation is 1. The van der Waals surface area contributed by atoms with Crippen LogP contribution in [0, 0.1) is 6.92 Å². The van der Waals surface area contributed by atoms with Crippen molar-refractivity contribution in [2.24, 2.45) is 4.99 Å². The van der Waals surface area contributed by atoms with Gasteiger partial charge in [-0.25, -0.2) is 4.79 Å². The third-order valence-electron chi connectivity index (χ3n) is 5.74. The largest absolute Gasteiger partial charge is 0.378 e. The van der Waals surface area contributed by atoms with Crippen LogP contribution in [0.15, 0.2) is 53.5 Å². The van der Waals surface area contributed by atoms with E-state index in [1.165, 1.54) is 5.56 Å². The Morgan fingerprint density at radius 2 is 1.83 bits per heavy atom. The van der Waals surface area contributed by atoms with Crippen molar-refractivity contribution in [1.29, 1.82) is 0 Å². The summed E-state index contributed by atoms with van der Waals surface area (Å²) in [6.07, 6.45) is 1.78. The van der Waals surface area contributed by atoms with Crippen molar-refractivity contribution in [2.45, 2.75) is 38.8 Å². The fourth-order valence-electron chi connectivity index (χ4n) is 3.85. The molecule has 30 heavy (non-hydrogen) atoms. The van der Waals surface area contributed by atoms with E-state index in [1.54, 1.807) is 0 Å².